The Kier molecular flexibility index (Phi) is 5.70. The molecule has 0 aliphatic carbocycles. The van der Waals surface area contributed by atoms with Crippen LogP contribution in [0.25, 0.3) is 0 Å². The Morgan fingerprint density at radius 1 is 0.964 bits per heavy atom. The molecule has 1 fully saturated rings. The van der Waals surface area contributed by atoms with Crippen molar-refractivity contribution in [2.75, 3.05) is 56.2 Å². The lowest BCUT2D eigenvalue weighted by molar-refractivity contribution is -0.131. The third-order valence-electron chi connectivity index (χ3n) is 5.87. The number of methoxy groups -OCH3 is 1. The van der Waals surface area contributed by atoms with Crippen LogP contribution >= 0.6 is 0 Å². The number of ether oxygens (including phenoxy) is 1. The summed E-state index contributed by atoms with van der Waals surface area (Å²) in [6.45, 7) is 5.21. The normalized spacial score (nSPS) is 16.7. The van der Waals surface area contributed by atoms with Crippen molar-refractivity contribution in [1.29, 1.82) is 0 Å². The summed E-state index contributed by atoms with van der Waals surface area (Å²) in [6, 6.07) is 16.8. The number of piperazine rings is 1. The molecule has 28 heavy (non-hydrogen) atoms. The molecule has 0 atom stereocenters. The number of nitrogens with zero attached hydrogens (tertiary/aromatic N) is 3. The van der Waals surface area contributed by atoms with Crippen molar-refractivity contribution in [3.8, 4) is 5.75 Å². The summed E-state index contributed by atoms with van der Waals surface area (Å²) in [4.78, 5) is 19.5. The second kappa shape index (κ2) is 8.55. The molecule has 2 aliphatic heterocycles. The predicted octanol–water partition coefficient (Wildman–Crippen LogP) is 3.19. The Hall–Kier alpha value is -2.69. The fourth-order valence-electron chi connectivity index (χ4n) is 4.24. The number of anilines is 2. The van der Waals surface area contributed by atoms with Gasteiger partial charge in [-0.3, -0.25) is 4.79 Å². The maximum atomic E-state index is 12.7. The van der Waals surface area contributed by atoms with Crippen molar-refractivity contribution >= 4 is 17.3 Å². The average molecular weight is 380 g/mol. The molecule has 0 saturated carbocycles. The summed E-state index contributed by atoms with van der Waals surface area (Å²) in [5.41, 5.74) is 3.91. The Labute approximate surface area is 167 Å². The third kappa shape index (κ3) is 4.08. The first kappa shape index (κ1) is 18.7. The van der Waals surface area contributed by atoms with Crippen molar-refractivity contribution in [3.05, 3.63) is 54.1 Å². The molecule has 2 aromatic carbocycles. The van der Waals surface area contributed by atoms with Gasteiger partial charge in [0, 0.05) is 57.1 Å². The number of amides is 1. The lowest BCUT2D eigenvalue weighted by atomic mass is 10.0. The van der Waals surface area contributed by atoms with Crippen LogP contribution in [0.3, 0.4) is 0 Å². The van der Waals surface area contributed by atoms with Gasteiger partial charge in [0.05, 0.1) is 7.11 Å². The van der Waals surface area contributed by atoms with Gasteiger partial charge in [0.1, 0.15) is 5.75 Å². The fourth-order valence-corrected chi connectivity index (χ4v) is 4.24. The van der Waals surface area contributed by atoms with E-state index in [1.54, 1.807) is 7.11 Å². The molecule has 1 amide bonds. The molecule has 0 unspecified atom stereocenters. The second-order valence-electron chi connectivity index (χ2n) is 7.54. The van der Waals surface area contributed by atoms with E-state index in [2.05, 4.69) is 46.2 Å². The van der Waals surface area contributed by atoms with Crippen LogP contribution in [-0.2, 0) is 11.2 Å². The van der Waals surface area contributed by atoms with Crippen LogP contribution in [0.1, 0.15) is 18.4 Å². The largest absolute Gasteiger partial charge is 0.497 e. The van der Waals surface area contributed by atoms with Crippen LogP contribution in [0.2, 0.25) is 0 Å². The molecule has 148 valence electrons. The van der Waals surface area contributed by atoms with Gasteiger partial charge >= 0.3 is 0 Å². The number of hydrogen-bond donors (Lipinski definition) is 0. The molecule has 0 N–H and O–H groups in total. The number of hydrogen-bond acceptors (Lipinski definition) is 4. The lowest BCUT2D eigenvalue weighted by Gasteiger charge is -2.37. The van der Waals surface area contributed by atoms with Gasteiger partial charge in [-0.1, -0.05) is 18.2 Å². The van der Waals surface area contributed by atoms with Crippen LogP contribution in [0.15, 0.2) is 48.5 Å². The molecule has 4 rings (SSSR count). The highest BCUT2D eigenvalue weighted by molar-refractivity contribution is 5.77. The highest BCUT2D eigenvalue weighted by Crippen LogP contribution is 2.27. The van der Waals surface area contributed by atoms with E-state index in [4.69, 9.17) is 4.74 Å². The third-order valence-corrected chi connectivity index (χ3v) is 5.87. The van der Waals surface area contributed by atoms with Crippen LogP contribution in [-0.4, -0.2) is 57.2 Å². The molecule has 5 heteroatoms. The van der Waals surface area contributed by atoms with Gasteiger partial charge in [-0.15, -0.1) is 0 Å². The van der Waals surface area contributed by atoms with Gasteiger partial charge in [0.25, 0.3) is 0 Å². The summed E-state index contributed by atoms with van der Waals surface area (Å²) >= 11 is 0. The molecule has 0 aromatic heterocycles. The monoisotopic (exact) mass is 379 g/mol. The molecular formula is C23H29N3O2. The Morgan fingerprint density at radius 3 is 2.46 bits per heavy atom. The van der Waals surface area contributed by atoms with Crippen LogP contribution in [0, 0.1) is 0 Å². The Bertz CT molecular complexity index is 798. The van der Waals surface area contributed by atoms with Gasteiger partial charge in [-0.2, -0.15) is 0 Å². The SMILES string of the molecule is COc1ccc(N2CCN(C(=O)CCN3CCCc4ccccc43)CC2)cc1. The number of carbonyl (C=O) groups is 1. The first-order valence-corrected chi connectivity index (χ1v) is 10.2. The zero-order valence-electron chi connectivity index (χ0n) is 16.6. The molecule has 2 aliphatic rings. The van der Waals surface area contributed by atoms with E-state index in [0.717, 1.165) is 51.4 Å². The molecule has 0 bridgehead atoms. The number of fused-ring (bicyclic) bond motifs is 1. The lowest BCUT2D eigenvalue weighted by Crippen LogP contribution is -2.49. The fraction of sp³-hybridized carbons (Fsp3) is 0.435. The zero-order chi connectivity index (χ0) is 19.3. The Morgan fingerprint density at radius 2 is 1.71 bits per heavy atom. The van der Waals surface area contributed by atoms with Gasteiger partial charge in [-0.25, -0.2) is 0 Å². The molecule has 0 radical (unpaired) electrons. The number of rotatable bonds is 5. The predicted molar refractivity (Wildman–Crippen MR) is 113 cm³/mol. The number of aryl methyl sites for hydroxylation is 1. The number of para-hydroxylation sites is 1. The van der Waals surface area contributed by atoms with E-state index >= 15 is 0 Å². The average Bonchev–Trinajstić information content (AvgIpc) is 2.77. The van der Waals surface area contributed by atoms with E-state index < -0.39 is 0 Å². The van der Waals surface area contributed by atoms with E-state index in [9.17, 15) is 4.79 Å². The molecule has 5 nitrogen and oxygen atoms in total. The van der Waals surface area contributed by atoms with Crippen LogP contribution < -0.4 is 14.5 Å². The van der Waals surface area contributed by atoms with E-state index in [1.807, 2.05) is 17.0 Å². The summed E-state index contributed by atoms with van der Waals surface area (Å²) in [5.74, 6) is 1.15. The summed E-state index contributed by atoms with van der Waals surface area (Å²) in [6.07, 6.45) is 2.91. The van der Waals surface area contributed by atoms with Crippen LogP contribution in [0.4, 0.5) is 11.4 Å². The maximum Gasteiger partial charge on any atom is 0.224 e. The summed E-state index contributed by atoms with van der Waals surface area (Å²) < 4.78 is 5.23. The zero-order valence-corrected chi connectivity index (χ0v) is 16.6. The smallest absolute Gasteiger partial charge is 0.224 e. The highest BCUT2D eigenvalue weighted by atomic mass is 16.5. The molecule has 2 aromatic rings. The number of carbonyl (C=O) groups excluding carboxylic acids is 1. The summed E-state index contributed by atoms with van der Waals surface area (Å²) in [5, 5.41) is 0. The van der Waals surface area contributed by atoms with Crippen molar-refractivity contribution in [3.63, 3.8) is 0 Å². The minimum atomic E-state index is 0.275. The molecule has 0 spiro atoms. The topological polar surface area (TPSA) is 36.0 Å². The van der Waals surface area contributed by atoms with Gasteiger partial charge in [0.15, 0.2) is 0 Å². The minimum absolute atomic E-state index is 0.275. The van der Waals surface area contributed by atoms with Crippen molar-refractivity contribution in [1.82, 2.24) is 4.90 Å². The number of benzene rings is 2. The van der Waals surface area contributed by atoms with Crippen LogP contribution in [0.5, 0.6) is 5.75 Å². The molecule has 2 heterocycles. The second-order valence-corrected chi connectivity index (χ2v) is 7.54. The first-order chi connectivity index (χ1) is 13.7. The quantitative estimate of drug-likeness (QED) is 0.799. The van der Waals surface area contributed by atoms with Crippen molar-refractivity contribution in [2.24, 2.45) is 0 Å². The maximum absolute atomic E-state index is 12.7. The van der Waals surface area contributed by atoms with Gasteiger partial charge < -0.3 is 19.4 Å². The standard InChI is InChI=1S/C23H29N3O2/c1-28-21-10-8-20(9-11-21)24-15-17-26(18-16-24)23(27)12-14-25-13-4-6-19-5-2-3-7-22(19)25/h2-3,5,7-11H,4,6,12-18H2,1H3. The molecular weight excluding hydrogens is 350 g/mol. The van der Waals surface area contributed by atoms with E-state index in [0.29, 0.717) is 6.42 Å². The van der Waals surface area contributed by atoms with Crippen molar-refractivity contribution in [2.45, 2.75) is 19.3 Å². The summed E-state index contributed by atoms with van der Waals surface area (Å²) in [7, 11) is 1.68. The van der Waals surface area contributed by atoms with E-state index in [-0.39, 0.29) is 5.91 Å². The first-order valence-electron chi connectivity index (χ1n) is 10.2. The van der Waals surface area contributed by atoms with Gasteiger partial charge in [0.2, 0.25) is 5.91 Å². The molecule has 1 saturated heterocycles. The Balaban J connectivity index is 1.28. The van der Waals surface area contributed by atoms with Crippen molar-refractivity contribution < 1.29 is 9.53 Å². The minimum Gasteiger partial charge on any atom is -0.497 e. The van der Waals surface area contributed by atoms with Gasteiger partial charge in [-0.05, 0) is 48.7 Å². The highest BCUT2D eigenvalue weighted by Gasteiger charge is 2.23. The van der Waals surface area contributed by atoms with E-state index in [1.165, 1.54) is 23.4 Å².